The summed E-state index contributed by atoms with van der Waals surface area (Å²) in [6.45, 7) is 0. The van der Waals surface area contributed by atoms with Gasteiger partial charge in [-0.1, -0.05) is 72.8 Å². The zero-order valence-electron chi connectivity index (χ0n) is 14.8. The Morgan fingerprint density at radius 2 is 1.59 bits per heavy atom. The molecule has 3 rings (SSSR count). The fourth-order valence-electron chi connectivity index (χ4n) is 3.29. The van der Waals surface area contributed by atoms with E-state index in [1.807, 2.05) is 6.07 Å². The van der Waals surface area contributed by atoms with Crippen molar-refractivity contribution in [1.82, 2.24) is 0 Å². The van der Waals surface area contributed by atoms with Gasteiger partial charge in [0.15, 0.2) is 0 Å². The lowest BCUT2D eigenvalue weighted by molar-refractivity contribution is -0.159. The SMILES string of the molecule is O=C(OC(C(=O)Nc1cc(Cl)cc(Cl)c1)c1ccccc1)C1CCCCC1. The molecule has 27 heavy (non-hydrogen) atoms. The van der Waals surface area contributed by atoms with Crippen LogP contribution in [0.15, 0.2) is 48.5 Å². The van der Waals surface area contributed by atoms with Crippen molar-refractivity contribution in [2.24, 2.45) is 5.92 Å². The molecular weight excluding hydrogens is 385 g/mol. The van der Waals surface area contributed by atoms with E-state index in [9.17, 15) is 9.59 Å². The minimum Gasteiger partial charge on any atom is -0.447 e. The molecule has 0 radical (unpaired) electrons. The quantitative estimate of drug-likeness (QED) is 0.639. The number of rotatable bonds is 5. The number of anilines is 1. The highest BCUT2D eigenvalue weighted by Crippen LogP contribution is 2.29. The van der Waals surface area contributed by atoms with Crippen LogP contribution in [0.5, 0.6) is 0 Å². The van der Waals surface area contributed by atoms with Crippen LogP contribution in [0.3, 0.4) is 0 Å². The topological polar surface area (TPSA) is 55.4 Å². The van der Waals surface area contributed by atoms with Crippen molar-refractivity contribution in [2.45, 2.75) is 38.2 Å². The third kappa shape index (κ3) is 5.47. The van der Waals surface area contributed by atoms with Gasteiger partial charge in [-0.25, -0.2) is 0 Å². The molecule has 4 nitrogen and oxygen atoms in total. The fraction of sp³-hybridized carbons (Fsp3) is 0.333. The molecule has 1 amide bonds. The molecule has 1 fully saturated rings. The van der Waals surface area contributed by atoms with Gasteiger partial charge >= 0.3 is 5.97 Å². The highest BCUT2D eigenvalue weighted by molar-refractivity contribution is 6.35. The first-order valence-corrected chi connectivity index (χ1v) is 9.81. The Morgan fingerprint density at radius 1 is 0.963 bits per heavy atom. The predicted octanol–water partition coefficient (Wildman–Crippen LogP) is 5.80. The molecule has 0 spiro atoms. The van der Waals surface area contributed by atoms with Gasteiger partial charge in [0, 0.05) is 21.3 Å². The summed E-state index contributed by atoms with van der Waals surface area (Å²) in [5.41, 5.74) is 1.07. The Balaban J connectivity index is 1.78. The molecule has 2 aromatic rings. The summed E-state index contributed by atoms with van der Waals surface area (Å²) in [4.78, 5) is 25.5. The number of hydrogen-bond acceptors (Lipinski definition) is 3. The maximum atomic E-state index is 12.9. The summed E-state index contributed by atoms with van der Waals surface area (Å²) in [5, 5.41) is 3.57. The van der Waals surface area contributed by atoms with Gasteiger partial charge in [-0.05, 0) is 31.0 Å². The Labute approximate surface area is 168 Å². The number of hydrogen-bond donors (Lipinski definition) is 1. The van der Waals surface area contributed by atoms with Gasteiger partial charge in [0.2, 0.25) is 6.10 Å². The van der Waals surface area contributed by atoms with E-state index in [4.69, 9.17) is 27.9 Å². The van der Waals surface area contributed by atoms with Gasteiger partial charge in [-0.2, -0.15) is 0 Å². The Morgan fingerprint density at radius 3 is 2.22 bits per heavy atom. The van der Waals surface area contributed by atoms with Gasteiger partial charge in [0.1, 0.15) is 0 Å². The standard InChI is InChI=1S/C21H21Cl2NO3/c22-16-11-17(23)13-18(12-16)24-20(25)19(14-7-3-1-4-8-14)27-21(26)15-9-5-2-6-10-15/h1,3-4,7-8,11-13,15,19H,2,5-6,9-10H2,(H,24,25). The molecule has 1 aliphatic carbocycles. The molecule has 0 saturated heterocycles. The van der Waals surface area contributed by atoms with Gasteiger partial charge in [-0.15, -0.1) is 0 Å². The molecule has 1 saturated carbocycles. The average molecular weight is 406 g/mol. The highest BCUT2D eigenvalue weighted by Gasteiger charge is 2.30. The van der Waals surface area contributed by atoms with E-state index in [2.05, 4.69) is 5.32 Å². The molecule has 0 aliphatic heterocycles. The molecule has 0 heterocycles. The fourth-order valence-corrected chi connectivity index (χ4v) is 3.81. The van der Waals surface area contributed by atoms with Crippen LogP contribution in [0.1, 0.15) is 43.8 Å². The number of halogens is 2. The Kier molecular flexibility index (Phi) is 6.75. The Bertz CT molecular complexity index is 784. The number of esters is 1. The first-order chi connectivity index (χ1) is 13.0. The molecular formula is C21H21Cl2NO3. The molecule has 2 aromatic carbocycles. The van der Waals surface area contributed by atoms with Gasteiger partial charge in [-0.3, -0.25) is 9.59 Å². The predicted molar refractivity (Wildman–Crippen MR) is 107 cm³/mol. The highest BCUT2D eigenvalue weighted by atomic mass is 35.5. The summed E-state index contributed by atoms with van der Waals surface area (Å²) < 4.78 is 5.65. The molecule has 1 N–H and O–H groups in total. The minimum absolute atomic E-state index is 0.140. The van der Waals surface area contributed by atoms with E-state index >= 15 is 0 Å². The molecule has 1 unspecified atom stereocenters. The lowest BCUT2D eigenvalue weighted by atomic mass is 9.89. The van der Waals surface area contributed by atoms with E-state index in [-0.39, 0.29) is 11.9 Å². The van der Waals surface area contributed by atoms with Crippen LogP contribution in [-0.2, 0) is 14.3 Å². The number of nitrogens with one attached hydrogen (secondary N) is 1. The first kappa shape index (κ1) is 19.7. The zero-order chi connectivity index (χ0) is 19.2. The summed E-state index contributed by atoms with van der Waals surface area (Å²) in [6, 6.07) is 13.8. The second-order valence-electron chi connectivity index (χ2n) is 6.71. The zero-order valence-corrected chi connectivity index (χ0v) is 16.3. The van der Waals surface area contributed by atoms with E-state index in [1.54, 1.807) is 42.5 Å². The monoisotopic (exact) mass is 405 g/mol. The maximum Gasteiger partial charge on any atom is 0.310 e. The van der Waals surface area contributed by atoms with Crippen molar-refractivity contribution < 1.29 is 14.3 Å². The molecule has 0 bridgehead atoms. The summed E-state index contributed by atoms with van der Waals surface area (Å²) in [5.74, 6) is -0.898. The summed E-state index contributed by atoms with van der Waals surface area (Å²) >= 11 is 12.0. The normalized spacial score (nSPS) is 15.8. The number of carbonyl (C=O) groups excluding carboxylic acids is 2. The molecule has 1 atom stereocenters. The molecule has 1 aliphatic rings. The Hall–Kier alpha value is -2.04. The van der Waals surface area contributed by atoms with Crippen LogP contribution < -0.4 is 5.32 Å². The number of carbonyl (C=O) groups is 2. The lowest BCUT2D eigenvalue weighted by Gasteiger charge is -2.24. The third-order valence-electron chi connectivity index (χ3n) is 4.64. The summed E-state index contributed by atoms with van der Waals surface area (Å²) in [6.07, 6.45) is 3.77. The largest absolute Gasteiger partial charge is 0.447 e. The lowest BCUT2D eigenvalue weighted by Crippen LogP contribution is -2.29. The van der Waals surface area contributed by atoms with Crippen LogP contribution in [0.25, 0.3) is 0 Å². The van der Waals surface area contributed by atoms with Crippen molar-refractivity contribution in [3.05, 3.63) is 64.1 Å². The van der Waals surface area contributed by atoms with Crippen LogP contribution in [0, 0.1) is 5.92 Å². The van der Waals surface area contributed by atoms with E-state index in [1.165, 1.54) is 0 Å². The van der Waals surface area contributed by atoms with E-state index in [0.29, 0.717) is 21.3 Å². The van der Waals surface area contributed by atoms with Crippen LogP contribution >= 0.6 is 23.2 Å². The molecule has 0 aromatic heterocycles. The van der Waals surface area contributed by atoms with Crippen LogP contribution in [0.2, 0.25) is 10.0 Å². The van der Waals surface area contributed by atoms with E-state index < -0.39 is 12.0 Å². The number of benzene rings is 2. The third-order valence-corrected chi connectivity index (χ3v) is 5.08. The molecule has 142 valence electrons. The maximum absolute atomic E-state index is 12.9. The van der Waals surface area contributed by atoms with Crippen LogP contribution in [0.4, 0.5) is 5.69 Å². The second-order valence-corrected chi connectivity index (χ2v) is 7.58. The molecule has 6 heteroatoms. The first-order valence-electron chi connectivity index (χ1n) is 9.05. The number of amides is 1. The van der Waals surface area contributed by atoms with Gasteiger partial charge in [0.25, 0.3) is 5.91 Å². The minimum atomic E-state index is -1.03. The van der Waals surface area contributed by atoms with Crippen molar-refractivity contribution >= 4 is 40.8 Å². The smallest absolute Gasteiger partial charge is 0.310 e. The van der Waals surface area contributed by atoms with Crippen molar-refractivity contribution in [2.75, 3.05) is 5.32 Å². The van der Waals surface area contributed by atoms with Crippen molar-refractivity contribution in [3.8, 4) is 0 Å². The second kappa shape index (κ2) is 9.25. The van der Waals surface area contributed by atoms with Gasteiger partial charge in [0.05, 0.1) is 5.92 Å². The van der Waals surface area contributed by atoms with E-state index in [0.717, 1.165) is 32.1 Å². The van der Waals surface area contributed by atoms with Crippen molar-refractivity contribution in [3.63, 3.8) is 0 Å². The van der Waals surface area contributed by atoms with Crippen molar-refractivity contribution in [1.29, 1.82) is 0 Å². The van der Waals surface area contributed by atoms with Crippen LogP contribution in [-0.4, -0.2) is 11.9 Å². The average Bonchev–Trinajstić information content (AvgIpc) is 2.66. The summed E-state index contributed by atoms with van der Waals surface area (Å²) in [7, 11) is 0. The van der Waals surface area contributed by atoms with Gasteiger partial charge < -0.3 is 10.1 Å². The number of ether oxygens (including phenoxy) is 1.